The fraction of sp³-hybridized carbons (Fsp3) is 0.0714. The first-order valence-corrected chi connectivity index (χ1v) is 6.07. The molecule has 2 N–H and O–H groups in total. The number of carbonyl (C=O) groups excluding carboxylic acids is 1. The number of ketones is 1. The molecule has 0 radical (unpaired) electrons. The van der Waals surface area contributed by atoms with Crippen LogP contribution in [0.1, 0.15) is 16.1 Å². The standard InChI is InChI=1S/C14H12N4O3/c19-13(20)9-16-18-17-11-6-2-1-5-10(11)14(21)12-7-3-4-8-15-12/h1-8H,9H2,(H,16,17)(H,19,20). The van der Waals surface area contributed by atoms with Gasteiger partial charge in [-0.2, -0.15) is 5.11 Å². The lowest BCUT2D eigenvalue weighted by atomic mass is 10.1. The van der Waals surface area contributed by atoms with E-state index in [0.29, 0.717) is 16.9 Å². The van der Waals surface area contributed by atoms with E-state index < -0.39 is 12.5 Å². The molecule has 0 aliphatic heterocycles. The third-order valence-electron chi connectivity index (χ3n) is 2.52. The molecular formula is C14H12N4O3. The van der Waals surface area contributed by atoms with E-state index >= 15 is 0 Å². The predicted octanol–water partition coefficient (Wildman–Crippen LogP) is 2.18. The van der Waals surface area contributed by atoms with Crippen molar-refractivity contribution in [3.8, 4) is 0 Å². The number of carbonyl (C=O) groups is 2. The van der Waals surface area contributed by atoms with Gasteiger partial charge in [0.1, 0.15) is 5.69 Å². The zero-order chi connectivity index (χ0) is 15.1. The lowest BCUT2D eigenvalue weighted by molar-refractivity contribution is -0.135. The SMILES string of the molecule is O=C(O)CN=NNc1ccccc1C(=O)c1ccccn1. The highest BCUT2D eigenvalue weighted by molar-refractivity contribution is 6.11. The number of nitrogens with zero attached hydrogens (tertiary/aromatic N) is 3. The van der Waals surface area contributed by atoms with Crippen molar-refractivity contribution in [2.45, 2.75) is 0 Å². The number of rotatable bonds is 6. The molecule has 0 bridgehead atoms. The van der Waals surface area contributed by atoms with Gasteiger partial charge in [-0.1, -0.05) is 23.4 Å². The number of carboxylic acid groups (broad SMARTS) is 1. The van der Waals surface area contributed by atoms with Crippen LogP contribution in [0.15, 0.2) is 59.0 Å². The number of pyridine rings is 1. The van der Waals surface area contributed by atoms with Crippen molar-refractivity contribution in [3.63, 3.8) is 0 Å². The Kier molecular flexibility index (Phi) is 4.70. The number of aliphatic carboxylic acids is 1. The van der Waals surface area contributed by atoms with Crippen molar-refractivity contribution in [1.82, 2.24) is 4.98 Å². The molecule has 2 aromatic rings. The van der Waals surface area contributed by atoms with Gasteiger partial charge in [-0.05, 0) is 24.3 Å². The van der Waals surface area contributed by atoms with Crippen molar-refractivity contribution in [1.29, 1.82) is 0 Å². The van der Waals surface area contributed by atoms with Gasteiger partial charge in [0.2, 0.25) is 5.78 Å². The van der Waals surface area contributed by atoms with Gasteiger partial charge in [0.25, 0.3) is 0 Å². The highest BCUT2D eigenvalue weighted by atomic mass is 16.4. The van der Waals surface area contributed by atoms with Crippen molar-refractivity contribution in [2.24, 2.45) is 10.3 Å². The average molecular weight is 284 g/mol. The van der Waals surface area contributed by atoms with E-state index in [0.717, 1.165) is 0 Å². The Morgan fingerprint density at radius 1 is 1.14 bits per heavy atom. The van der Waals surface area contributed by atoms with Gasteiger partial charge in [-0.25, -0.2) is 0 Å². The summed E-state index contributed by atoms with van der Waals surface area (Å²) in [4.78, 5) is 26.7. The molecule has 1 aromatic heterocycles. The summed E-state index contributed by atoms with van der Waals surface area (Å²) in [7, 11) is 0. The van der Waals surface area contributed by atoms with Crippen LogP contribution in [-0.4, -0.2) is 28.4 Å². The van der Waals surface area contributed by atoms with Crippen molar-refractivity contribution >= 4 is 17.4 Å². The van der Waals surface area contributed by atoms with Gasteiger partial charge in [0.15, 0.2) is 6.54 Å². The van der Waals surface area contributed by atoms with Gasteiger partial charge in [-0.15, -0.1) is 0 Å². The highest BCUT2D eigenvalue weighted by Gasteiger charge is 2.13. The molecular weight excluding hydrogens is 272 g/mol. The summed E-state index contributed by atoms with van der Waals surface area (Å²) in [5.74, 6) is -1.34. The number of anilines is 1. The molecule has 106 valence electrons. The zero-order valence-electron chi connectivity index (χ0n) is 10.9. The lowest BCUT2D eigenvalue weighted by Crippen LogP contribution is -2.07. The molecule has 0 aliphatic rings. The number of hydrogen-bond acceptors (Lipinski definition) is 5. The number of hydrogen-bond donors (Lipinski definition) is 2. The normalized spacial score (nSPS) is 10.5. The first kappa shape index (κ1) is 14.3. The summed E-state index contributed by atoms with van der Waals surface area (Å²) >= 11 is 0. The van der Waals surface area contributed by atoms with Crippen LogP contribution in [0, 0.1) is 0 Å². The van der Waals surface area contributed by atoms with Crippen molar-refractivity contribution < 1.29 is 14.7 Å². The van der Waals surface area contributed by atoms with Crippen LogP contribution in [0.5, 0.6) is 0 Å². The largest absolute Gasteiger partial charge is 0.480 e. The van der Waals surface area contributed by atoms with Gasteiger partial charge in [0.05, 0.1) is 5.69 Å². The molecule has 0 aliphatic carbocycles. The van der Waals surface area contributed by atoms with E-state index in [1.807, 2.05) is 0 Å². The van der Waals surface area contributed by atoms with E-state index in [-0.39, 0.29) is 5.78 Å². The Labute approximate surface area is 120 Å². The van der Waals surface area contributed by atoms with Crippen LogP contribution >= 0.6 is 0 Å². The van der Waals surface area contributed by atoms with E-state index in [9.17, 15) is 9.59 Å². The molecule has 0 unspecified atom stereocenters. The van der Waals surface area contributed by atoms with Crippen molar-refractivity contribution in [2.75, 3.05) is 12.0 Å². The second-order valence-corrected chi connectivity index (χ2v) is 3.99. The van der Waals surface area contributed by atoms with Crippen LogP contribution < -0.4 is 5.43 Å². The summed E-state index contributed by atoms with van der Waals surface area (Å²) in [6.45, 7) is -0.441. The van der Waals surface area contributed by atoms with Gasteiger partial charge >= 0.3 is 5.97 Å². The molecule has 7 heteroatoms. The van der Waals surface area contributed by atoms with Gasteiger partial charge in [0, 0.05) is 11.8 Å². The van der Waals surface area contributed by atoms with E-state index in [1.54, 1.807) is 42.5 Å². The summed E-state index contributed by atoms with van der Waals surface area (Å²) in [6, 6.07) is 11.8. The Balaban J connectivity index is 2.19. The lowest BCUT2D eigenvalue weighted by Gasteiger charge is -2.06. The molecule has 21 heavy (non-hydrogen) atoms. The van der Waals surface area contributed by atoms with Gasteiger partial charge < -0.3 is 5.11 Å². The van der Waals surface area contributed by atoms with Crippen LogP contribution in [0.4, 0.5) is 5.69 Å². The predicted molar refractivity (Wildman–Crippen MR) is 75.1 cm³/mol. The molecule has 0 saturated heterocycles. The fourth-order valence-corrected chi connectivity index (χ4v) is 1.60. The number of aromatic nitrogens is 1. The van der Waals surface area contributed by atoms with Crippen LogP contribution in [-0.2, 0) is 4.79 Å². The zero-order valence-corrected chi connectivity index (χ0v) is 10.9. The molecule has 0 spiro atoms. The first-order valence-electron chi connectivity index (χ1n) is 6.07. The molecule has 1 aromatic carbocycles. The highest BCUT2D eigenvalue weighted by Crippen LogP contribution is 2.18. The summed E-state index contributed by atoms with van der Waals surface area (Å²) in [6.07, 6.45) is 1.54. The quantitative estimate of drug-likeness (QED) is 0.480. The number of benzene rings is 1. The number of para-hydroxylation sites is 1. The van der Waals surface area contributed by atoms with Gasteiger partial charge in [-0.3, -0.25) is 20.0 Å². The summed E-state index contributed by atoms with van der Waals surface area (Å²) < 4.78 is 0. The monoisotopic (exact) mass is 284 g/mol. The van der Waals surface area contributed by atoms with E-state index in [1.165, 1.54) is 6.20 Å². The fourth-order valence-electron chi connectivity index (χ4n) is 1.60. The maximum atomic E-state index is 12.3. The topological polar surface area (TPSA) is 104 Å². The molecule has 1 heterocycles. The Hall–Kier alpha value is -3.09. The smallest absolute Gasteiger partial charge is 0.327 e. The maximum Gasteiger partial charge on any atom is 0.327 e. The van der Waals surface area contributed by atoms with E-state index in [4.69, 9.17) is 5.11 Å². The second-order valence-electron chi connectivity index (χ2n) is 3.99. The summed E-state index contributed by atoms with van der Waals surface area (Å²) in [5, 5.41) is 15.4. The minimum absolute atomic E-state index is 0.257. The molecule has 2 rings (SSSR count). The second kappa shape index (κ2) is 6.90. The molecule has 0 fully saturated rings. The molecule has 0 saturated carbocycles. The molecule has 0 atom stereocenters. The average Bonchev–Trinajstić information content (AvgIpc) is 2.52. The molecule has 0 amide bonds. The Morgan fingerprint density at radius 2 is 1.90 bits per heavy atom. The first-order chi connectivity index (χ1) is 10.2. The minimum Gasteiger partial charge on any atom is -0.480 e. The van der Waals surface area contributed by atoms with E-state index in [2.05, 4.69) is 20.7 Å². The Bertz CT molecular complexity index is 671. The number of carboxylic acids is 1. The third kappa shape index (κ3) is 3.93. The van der Waals surface area contributed by atoms with Crippen molar-refractivity contribution in [3.05, 3.63) is 59.9 Å². The third-order valence-corrected chi connectivity index (χ3v) is 2.52. The Morgan fingerprint density at radius 3 is 2.62 bits per heavy atom. The van der Waals surface area contributed by atoms with Crippen LogP contribution in [0.2, 0.25) is 0 Å². The summed E-state index contributed by atoms with van der Waals surface area (Å²) in [5.41, 5.74) is 3.69. The minimum atomic E-state index is -1.08. The number of nitrogens with one attached hydrogen (secondary N) is 1. The molecule has 7 nitrogen and oxygen atoms in total. The van der Waals surface area contributed by atoms with Crippen LogP contribution in [0.25, 0.3) is 0 Å². The maximum absolute atomic E-state index is 12.3. The van der Waals surface area contributed by atoms with Crippen LogP contribution in [0.3, 0.4) is 0 Å².